The normalized spacial score (nSPS) is 21.0. The molecule has 0 unspecified atom stereocenters. The maximum atomic E-state index is 12.2. The highest BCUT2D eigenvalue weighted by Gasteiger charge is 2.31. The van der Waals surface area contributed by atoms with Crippen molar-refractivity contribution in [1.82, 2.24) is 5.32 Å². The molecule has 1 saturated carbocycles. The van der Waals surface area contributed by atoms with Crippen molar-refractivity contribution in [3.63, 3.8) is 0 Å². The number of urea groups is 1. The summed E-state index contributed by atoms with van der Waals surface area (Å²) in [4.78, 5) is 22.8. The first-order valence-electron chi connectivity index (χ1n) is 7.39. The number of hydrogen-bond acceptors (Lipinski definition) is 3. The van der Waals surface area contributed by atoms with E-state index >= 15 is 0 Å². The van der Waals surface area contributed by atoms with Crippen molar-refractivity contribution in [2.45, 2.75) is 38.1 Å². The lowest BCUT2D eigenvalue weighted by Crippen LogP contribution is -2.40. The summed E-state index contributed by atoms with van der Waals surface area (Å²) in [5, 5.41) is 14.0. The molecule has 0 radical (unpaired) electrons. The molecular weight excluding hydrogens is 329 g/mol. The minimum atomic E-state index is -4.80. The Labute approximate surface area is 136 Å². The third-order valence-electron chi connectivity index (χ3n) is 3.74. The number of nitrogens with one attached hydrogen (secondary N) is 2. The van der Waals surface area contributed by atoms with Gasteiger partial charge in [-0.1, -0.05) is 6.07 Å². The molecule has 24 heavy (non-hydrogen) atoms. The van der Waals surface area contributed by atoms with E-state index in [-0.39, 0.29) is 17.6 Å². The average molecular weight is 346 g/mol. The summed E-state index contributed by atoms with van der Waals surface area (Å²) in [6.07, 6.45) is -2.75. The minimum absolute atomic E-state index is 0.157. The van der Waals surface area contributed by atoms with Crippen LogP contribution in [0.1, 0.15) is 25.7 Å². The molecule has 1 aliphatic carbocycles. The van der Waals surface area contributed by atoms with Crippen LogP contribution in [0.25, 0.3) is 0 Å². The lowest BCUT2D eigenvalue weighted by molar-refractivity contribution is -0.274. The molecule has 1 aromatic rings. The summed E-state index contributed by atoms with van der Waals surface area (Å²) in [5.74, 6) is -1.65. The van der Waals surface area contributed by atoms with E-state index in [0.717, 1.165) is 12.1 Å². The molecule has 0 heterocycles. The number of carboxylic acid groups (broad SMARTS) is 1. The second-order valence-corrected chi connectivity index (χ2v) is 5.56. The second kappa shape index (κ2) is 7.41. The predicted octanol–water partition coefficient (Wildman–Crippen LogP) is 3.35. The number of anilines is 1. The van der Waals surface area contributed by atoms with E-state index in [1.807, 2.05) is 0 Å². The first kappa shape index (κ1) is 17.9. The average Bonchev–Trinajstić information content (AvgIpc) is 2.46. The summed E-state index contributed by atoms with van der Waals surface area (Å²) < 4.78 is 40.3. The Morgan fingerprint density at radius 2 is 1.83 bits per heavy atom. The Balaban J connectivity index is 1.85. The summed E-state index contributed by atoms with van der Waals surface area (Å²) in [7, 11) is 0. The Morgan fingerprint density at radius 3 is 2.42 bits per heavy atom. The van der Waals surface area contributed by atoms with Gasteiger partial charge in [0.05, 0.1) is 5.92 Å². The van der Waals surface area contributed by atoms with Crippen molar-refractivity contribution in [1.29, 1.82) is 0 Å². The van der Waals surface area contributed by atoms with Gasteiger partial charge in [0.15, 0.2) is 0 Å². The van der Waals surface area contributed by atoms with E-state index in [0.29, 0.717) is 25.7 Å². The van der Waals surface area contributed by atoms with E-state index in [1.165, 1.54) is 12.1 Å². The number of aliphatic carboxylic acids is 1. The second-order valence-electron chi connectivity index (χ2n) is 5.56. The largest absolute Gasteiger partial charge is 0.573 e. The zero-order valence-corrected chi connectivity index (χ0v) is 12.6. The van der Waals surface area contributed by atoms with Gasteiger partial charge < -0.3 is 20.5 Å². The fourth-order valence-corrected chi connectivity index (χ4v) is 2.61. The molecule has 0 saturated heterocycles. The Hall–Kier alpha value is -2.45. The number of amides is 2. The smallest absolute Gasteiger partial charge is 0.481 e. The number of benzene rings is 1. The van der Waals surface area contributed by atoms with Crippen molar-refractivity contribution in [2.75, 3.05) is 5.32 Å². The van der Waals surface area contributed by atoms with Crippen LogP contribution < -0.4 is 15.4 Å². The zero-order valence-electron chi connectivity index (χ0n) is 12.6. The predicted molar refractivity (Wildman–Crippen MR) is 78.7 cm³/mol. The number of carbonyl (C=O) groups is 2. The SMILES string of the molecule is O=C(Nc1cccc(OC(F)(F)F)c1)NC1CCC(C(=O)O)CC1. The van der Waals surface area contributed by atoms with Crippen molar-refractivity contribution >= 4 is 17.7 Å². The van der Waals surface area contributed by atoms with Gasteiger partial charge >= 0.3 is 18.4 Å². The molecule has 132 valence electrons. The molecule has 6 nitrogen and oxygen atoms in total. The van der Waals surface area contributed by atoms with Crippen LogP contribution in [0.2, 0.25) is 0 Å². The van der Waals surface area contributed by atoms with E-state index in [4.69, 9.17) is 5.11 Å². The van der Waals surface area contributed by atoms with Crippen LogP contribution in [-0.4, -0.2) is 29.5 Å². The highest BCUT2D eigenvalue weighted by Crippen LogP contribution is 2.26. The Kier molecular flexibility index (Phi) is 5.53. The molecule has 9 heteroatoms. The lowest BCUT2D eigenvalue weighted by Gasteiger charge is -2.26. The molecule has 3 N–H and O–H groups in total. The van der Waals surface area contributed by atoms with E-state index < -0.39 is 24.1 Å². The highest BCUT2D eigenvalue weighted by atomic mass is 19.4. The van der Waals surface area contributed by atoms with E-state index in [2.05, 4.69) is 15.4 Å². The maximum absolute atomic E-state index is 12.2. The molecule has 1 aromatic carbocycles. The van der Waals surface area contributed by atoms with Crippen molar-refractivity contribution in [3.8, 4) is 5.75 Å². The van der Waals surface area contributed by atoms with Gasteiger partial charge in [-0.15, -0.1) is 13.2 Å². The fraction of sp³-hybridized carbons (Fsp3) is 0.467. The van der Waals surface area contributed by atoms with Crippen LogP contribution in [0.3, 0.4) is 0 Å². The molecule has 0 aromatic heterocycles. The molecule has 0 atom stereocenters. The van der Waals surface area contributed by atoms with E-state index in [1.54, 1.807) is 0 Å². The van der Waals surface area contributed by atoms with Crippen LogP contribution in [0.15, 0.2) is 24.3 Å². The van der Waals surface area contributed by atoms with Gasteiger partial charge in [-0.05, 0) is 37.8 Å². The number of rotatable bonds is 4. The van der Waals surface area contributed by atoms with Gasteiger partial charge in [0, 0.05) is 17.8 Å². The number of halogens is 3. The van der Waals surface area contributed by atoms with Gasteiger partial charge in [-0.25, -0.2) is 4.79 Å². The van der Waals surface area contributed by atoms with Crippen LogP contribution in [0.5, 0.6) is 5.75 Å². The van der Waals surface area contributed by atoms with Crippen LogP contribution in [-0.2, 0) is 4.79 Å². The molecule has 0 bridgehead atoms. The quantitative estimate of drug-likeness (QED) is 0.780. The van der Waals surface area contributed by atoms with Crippen LogP contribution >= 0.6 is 0 Å². The highest BCUT2D eigenvalue weighted by molar-refractivity contribution is 5.89. The molecule has 0 spiro atoms. The first-order valence-corrected chi connectivity index (χ1v) is 7.39. The zero-order chi connectivity index (χ0) is 17.7. The van der Waals surface area contributed by atoms with Gasteiger partial charge in [-0.2, -0.15) is 0 Å². The molecule has 0 aliphatic heterocycles. The van der Waals surface area contributed by atoms with Crippen molar-refractivity contribution < 1.29 is 32.6 Å². The molecule has 2 amide bonds. The standard InChI is InChI=1S/C15H17F3N2O4/c16-15(17,18)24-12-3-1-2-11(8-12)20-14(23)19-10-6-4-9(5-7-10)13(21)22/h1-3,8-10H,4-7H2,(H,21,22)(H2,19,20,23). The number of alkyl halides is 3. The fourth-order valence-electron chi connectivity index (χ4n) is 2.61. The Morgan fingerprint density at radius 1 is 1.17 bits per heavy atom. The maximum Gasteiger partial charge on any atom is 0.573 e. The number of carboxylic acids is 1. The third-order valence-corrected chi connectivity index (χ3v) is 3.74. The number of hydrogen-bond donors (Lipinski definition) is 3. The molecule has 1 aliphatic rings. The number of carbonyl (C=O) groups excluding carboxylic acids is 1. The summed E-state index contributed by atoms with van der Waals surface area (Å²) in [6, 6.07) is 4.24. The number of ether oxygens (including phenoxy) is 1. The first-order chi connectivity index (χ1) is 11.2. The van der Waals surface area contributed by atoms with Gasteiger partial charge in [-0.3, -0.25) is 4.79 Å². The topological polar surface area (TPSA) is 87.7 Å². The van der Waals surface area contributed by atoms with Gasteiger partial charge in [0.1, 0.15) is 5.75 Å². The van der Waals surface area contributed by atoms with Gasteiger partial charge in [0.25, 0.3) is 0 Å². The van der Waals surface area contributed by atoms with Crippen molar-refractivity contribution in [2.24, 2.45) is 5.92 Å². The summed E-state index contributed by atoms with van der Waals surface area (Å²) in [6.45, 7) is 0. The van der Waals surface area contributed by atoms with Gasteiger partial charge in [0.2, 0.25) is 0 Å². The Bertz CT molecular complexity index is 599. The summed E-state index contributed by atoms with van der Waals surface area (Å²) >= 11 is 0. The summed E-state index contributed by atoms with van der Waals surface area (Å²) in [5.41, 5.74) is 0.161. The van der Waals surface area contributed by atoms with Crippen LogP contribution in [0, 0.1) is 5.92 Å². The third kappa shape index (κ3) is 5.64. The van der Waals surface area contributed by atoms with Crippen LogP contribution in [0.4, 0.5) is 23.7 Å². The molecule has 2 rings (SSSR count). The minimum Gasteiger partial charge on any atom is -0.481 e. The molecular formula is C15H17F3N2O4. The van der Waals surface area contributed by atoms with Crippen molar-refractivity contribution in [3.05, 3.63) is 24.3 Å². The monoisotopic (exact) mass is 346 g/mol. The lowest BCUT2D eigenvalue weighted by atomic mass is 9.86. The van der Waals surface area contributed by atoms with E-state index in [9.17, 15) is 22.8 Å². The molecule has 1 fully saturated rings.